The number of aromatic nitrogens is 2. The molecule has 0 spiro atoms. The van der Waals surface area contributed by atoms with Crippen LogP contribution in [0.2, 0.25) is 0 Å². The van der Waals surface area contributed by atoms with E-state index in [2.05, 4.69) is 15.3 Å². The molecule has 2 heterocycles. The van der Waals surface area contributed by atoms with Gasteiger partial charge in [0.1, 0.15) is 5.01 Å². The third-order valence-electron chi connectivity index (χ3n) is 3.01. The van der Waals surface area contributed by atoms with E-state index >= 15 is 0 Å². The normalized spacial score (nSPS) is 10.6. The average molecular weight is 330 g/mol. The third kappa shape index (κ3) is 3.56. The van der Waals surface area contributed by atoms with Gasteiger partial charge in [-0.3, -0.25) is 4.79 Å². The second kappa shape index (κ2) is 6.78. The summed E-state index contributed by atoms with van der Waals surface area (Å²) in [5.41, 5.74) is 8.47. The van der Waals surface area contributed by atoms with Crippen LogP contribution in [-0.4, -0.2) is 15.9 Å². The van der Waals surface area contributed by atoms with E-state index in [0.29, 0.717) is 11.7 Å². The van der Waals surface area contributed by atoms with Gasteiger partial charge in [-0.15, -0.1) is 22.7 Å². The lowest BCUT2D eigenvalue weighted by Gasteiger charge is -2.00. The summed E-state index contributed by atoms with van der Waals surface area (Å²) in [6.45, 7) is 0.528. The molecule has 1 amide bonds. The number of nitrogens with two attached hydrogens (primary N) is 1. The number of nitrogens with one attached hydrogen (secondary N) is 1. The van der Waals surface area contributed by atoms with Crippen molar-refractivity contribution in [2.45, 2.75) is 13.0 Å². The van der Waals surface area contributed by atoms with Crippen LogP contribution in [0.5, 0.6) is 0 Å². The fraction of sp³-hybridized carbons (Fsp3) is 0.133. The summed E-state index contributed by atoms with van der Waals surface area (Å²) >= 11 is 2.93. The minimum Gasteiger partial charge on any atom is -0.326 e. The van der Waals surface area contributed by atoms with E-state index in [1.165, 1.54) is 22.7 Å². The fourth-order valence-corrected chi connectivity index (χ4v) is 3.29. The Kier molecular flexibility index (Phi) is 4.57. The molecule has 0 radical (unpaired) electrons. The summed E-state index contributed by atoms with van der Waals surface area (Å²) in [4.78, 5) is 20.5. The van der Waals surface area contributed by atoms with Crippen molar-refractivity contribution >= 4 is 33.7 Å². The third-order valence-corrected chi connectivity index (χ3v) is 4.64. The number of hydrogen-bond donors (Lipinski definition) is 2. The minimum absolute atomic E-state index is 0.106. The molecular formula is C15H14N4OS2. The monoisotopic (exact) mass is 330 g/mol. The Morgan fingerprint density at radius 3 is 2.73 bits per heavy atom. The molecule has 0 saturated carbocycles. The molecule has 0 fully saturated rings. The first-order valence-corrected chi connectivity index (χ1v) is 8.43. The summed E-state index contributed by atoms with van der Waals surface area (Å²) in [6, 6.07) is 7.98. The zero-order valence-electron chi connectivity index (χ0n) is 11.7. The van der Waals surface area contributed by atoms with Crippen LogP contribution < -0.4 is 11.1 Å². The van der Waals surface area contributed by atoms with Crippen LogP contribution in [-0.2, 0) is 17.8 Å². The number of anilines is 1. The SMILES string of the molecule is NCc1ccc(-c2nc(CC(=O)Nc3nccs3)cs2)cc1. The number of thiazole rings is 2. The number of benzene rings is 1. The molecule has 3 N–H and O–H groups in total. The lowest BCUT2D eigenvalue weighted by molar-refractivity contribution is -0.115. The molecule has 3 aromatic rings. The summed E-state index contributed by atoms with van der Waals surface area (Å²) in [7, 11) is 0. The molecule has 5 nitrogen and oxygen atoms in total. The summed E-state index contributed by atoms with van der Waals surface area (Å²) in [5, 5.41) is 8.00. The molecule has 0 saturated heterocycles. The predicted molar refractivity (Wildman–Crippen MR) is 89.9 cm³/mol. The highest BCUT2D eigenvalue weighted by Gasteiger charge is 2.10. The van der Waals surface area contributed by atoms with Gasteiger partial charge >= 0.3 is 0 Å². The van der Waals surface area contributed by atoms with E-state index in [1.807, 2.05) is 35.0 Å². The number of carbonyl (C=O) groups excluding carboxylic acids is 1. The molecule has 7 heteroatoms. The van der Waals surface area contributed by atoms with Gasteiger partial charge in [0, 0.05) is 29.1 Å². The number of rotatable bonds is 5. The summed E-state index contributed by atoms with van der Waals surface area (Å²) in [6.07, 6.45) is 1.91. The number of carbonyl (C=O) groups is 1. The van der Waals surface area contributed by atoms with Gasteiger partial charge in [-0.05, 0) is 5.56 Å². The Labute approximate surface area is 135 Å². The van der Waals surface area contributed by atoms with E-state index in [-0.39, 0.29) is 12.3 Å². The lowest BCUT2D eigenvalue weighted by atomic mass is 10.1. The molecule has 2 aromatic heterocycles. The molecule has 1 aromatic carbocycles. The van der Waals surface area contributed by atoms with Gasteiger partial charge in [0.25, 0.3) is 0 Å². The Morgan fingerprint density at radius 1 is 1.23 bits per heavy atom. The van der Waals surface area contributed by atoms with E-state index in [1.54, 1.807) is 6.20 Å². The quantitative estimate of drug-likeness (QED) is 0.754. The van der Waals surface area contributed by atoms with Crippen molar-refractivity contribution in [3.63, 3.8) is 0 Å². The zero-order valence-corrected chi connectivity index (χ0v) is 13.3. The van der Waals surface area contributed by atoms with Crippen LogP contribution in [0.4, 0.5) is 5.13 Å². The fourth-order valence-electron chi connectivity index (χ4n) is 1.92. The van der Waals surface area contributed by atoms with Gasteiger partial charge in [0.2, 0.25) is 5.91 Å². The average Bonchev–Trinajstić information content (AvgIpc) is 3.19. The van der Waals surface area contributed by atoms with Gasteiger partial charge in [0.05, 0.1) is 12.1 Å². The van der Waals surface area contributed by atoms with Gasteiger partial charge in [-0.1, -0.05) is 24.3 Å². The van der Waals surface area contributed by atoms with E-state index in [9.17, 15) is 4.79 Å². The van der Waals surface area contributed by atoms with Crippen molar-refractivity contribution in [1.82, 2.24) is 9.97 Å². The Hall–Kier alpha value is -2.09. The van der Waals surface area contributed by atoms with Crippen molar-refractivity contribution in [3.8, 4) is 10.6 Å². The van der Waals surface area contributed by atoms with Crippen molar-refractivity contribution < 1.29 is 4.79 Å². The molecule has 0 aliphatic carbocycles. The van der Waals surface area contributed by atoms with E-state index < -0.39 is 0 Å². The van der Waals surface area contributed by atoms with E-state index in [4.69, 9.17) is 5.73 Å². The topological polar surface area (TPSA) is 80.9 Å². The highest BCUT2D eigenvalue weighted by Crippen LogP contribution is 2.24. The van der Waals surface area contributed by atoms with Crippen molar-refractivity contribution in [3.05, 3.63) is 52.5 Å². The first-order chi connectivity index (χ1) is 10.7. The van der Waals surface area contributed by atoms with Crippen molar-refractivity contribution in [1.29, 1.82) is 0 Å². The van der Waals surface area contributed by atoms with Gasteiger partial charge in [0.15, 0.2) is 5.13 Å². The first kappa shape index (κ1) is 14.8. The van der Waals surface area contributed by atoms with Gasteiger partial charge < -0.3 is 11.1 Å². The molecule has 0 aliphatic heterocycles. The van der Waals surface area contributed by atoms with Crippen LogP contribution in [0, 0.1) is 0 Å². The smallest absolute Gasteiger partial charge is 0.232 e. The van der Waals surface area contributed by atoms with Crippen molar-refractivity contribution in [2.24, 2.45) is 5.73 Å². The number of nitrogens with zero attached hydrogens (tertiary/aromatic N) is 2. The van der Waals surface area contributed by atoms with Crippen molar-refractivity contribution in [2.75, 3.05) is 5.32 Å². The largest absolute Gasteiger partial charge is 0.326 e. The molecule has 0 bridgehead atoms. The van der Waals surface area contributed by atoms with Crippen LogP contribution in [0.25, 0.3) is 10.6 Å². The molecule has 0 aliphatic rings. The summed E-state index contributed by atoms with van der Waals surface area (Å²) < 4.78 is 0. The number of hydrogen-bond acceptors (Lipinski definition) is 6. The Bertz CT molecular complexity index is 750. The predicted octanol–water partition coefficient (Wildman–Crippen LogP) is 2.91. The molecule has 22 heavy (non-hydrogen) atoms. The molecule has 112 valence electrons. The maximum atomic E-state index is 11.9. The standard InChI is InChI=1S/C15H14N4OS2/c16-8-10-1-3-11(4-2-10)14-18-12(9-22-14)7-13(20)19-15-17-5-6-21-15/h1-6,9H,7-8,16H2,(H,17,19,20). The summed E-state index contributed by atoms with van der Waals surface area (Å²) in [5.74, 6) is -0.106. The lowest BCUT2D eigenvalue weighted by Crippen LogP contribution is -2.14. The van der Waals surface area contributed by atoms with Crippen LogP contribution in [0.15, 0.2) is 41.2 Å². The zero-order chi connectivity index (χ0) is 15.4. The highest BCUT2D eigenvalue weighted by molar-refractivity contribution is 7.13. The Morgan fingerprint density at radius 2 is 2.05 bits per heavy atom. The van der Waals surface area contributed by atoms with Crippen LogP contribution >= 0.6 is 22.7 Å². The minimum atomic E-state index is -0.106. The van der Waals surface area contributed by atoms with Gasteiger partial charge in [-0.25, -0.2) is 9.97 Å². The molecular weight excluding hydrogens is 316 g/mol. The molecule has 3 rings (SSSR count). The maximum absolute atomic E-state index is 11.9. The van der Waals surface area contributed by atoms with Gasteiger partial charge in [-0.2, -0.15) is 0 Å². The Balaban J connectivity index is 1.66. The van der Waals surface area contributed by atoms with Crippen LogP contribution in [0.1, 0.15) is 11.3 Å². The van der Waals surface area contributed by atoms with Crippen LogP contribution in [0.3, 0.4) is 0 Å². The second-order valence-corrected chi connectivity index (χ2v) is 6.36. The number of amides is 1. The second-order valence-electron chi connectivity index (χ2n) is 4.61. The molecule has 0 unspecified atom stereocenters. The highest BCUT2D eigenvalue weighted by atomic mass is 32.1. The molecule has 0 atom stereocenters. The van der Waals surface area contributed by atoms with E-state index in [0.717, 1.165) is 21.8 Å². The maximum Gasteiger partial charge on any atom is 0.232 e. The first-order valence-electron chi connectivity index (χ1n) is 6.68.